The van der Waals surface area contributed by atoms with Crippen LogP contribution in [0, 0.1) is 0 Å². The van der Waals surface area contributed by atoms with Gasteiger partial charge in [0.1, 0.15) is 13.2 Å². The smallest absolute Gasteiger partial charge is 0.306 e. The number of rotatable bonds is 68. The van der Waals surface area contributed by atoms with Crippen LogP contribution in [-0.2, 0) is 28.6 Å². The van der Waals surface area contributed by atoms with Gasteiger partial charge in [0.25, 0.3) is 0 Å². The minimum Gasteiger partial charge on any atom is -0.462 e. The third-order valence-corrected chi connectivity index (χ3v) is 16.7. The largest absolute Gasteiger partial charge is 0.462 e. The monoisotopic (exact) mass is 1130 g/mol. The molecule has 0 aliphatic carbocycles. The summed E-state index contributed by atoms with van der Waals surface area (Å²) in [6.45, 7) is 6.70. The molecule has 0 saturated heterocycles. The minimum absolute atomic E-state index is 0.0628. The number of hydrogen-bond acceptors (Lipinski definition) is 6. The van der Waals surface area contributed by atoms with Gasteiger partial charge in [-0.25, -0.2) is 0 Å². The van der Waals surface area contributed by atoms with Crippen LogP contribution in [0.5, 0.6) is 0 Å². The van der Waals surface area contributed by atoms with Crippen molar-refractivity contribution in [2.24, 2.45) is 0 Å². The summed E-state index contributed by atoms with van der Waals surface area (Å²) in [5.41, 5.74) is 0. The SMILES string of the molecule is CCCCCCC/C=C\C/C=C\CCCCCCCCCCCCCCCCCCCCCCCC(=O)OCC(COC(=O)CCCCCCCCCCCCC)OC(=O)CCCCCCCCCCCCCCCCCCCC. The maximum absolute atomic E-state index is 12.9. The summed E-state index contributed by atoms with van der Waals surface area (Å²) < 4.78 is 17.0. The van der Waals surface area contributed by atoms with Gasteiger partial charge in [-0.15, -0.1) is 0 Å². The normalized spacial score (nSPS) is 12.1. The zero-order valence-corrected chi connectivity index (χ0v) is 54.4. The van der Waals surface area contributed by atoms with Crippen LogP contribution in [-0.4, -0.2) is 37.2 Å². The second-order valence-electron chi connectivity index (χ2n) is 24.9. The Balaban J connectivity index is 4.06. The number of allylic oxidation sites excluding steroid dienone is 4. The lowest BCUT2D eigenvalue weighted by Crippen LogP contribution is -2.30. The van der Waals surface area contributed by atoms with E-state index in [9.17, 15) is 14.4 Å². The summed E-state index contributed by atoms with van der Waals surface area (Å²) in [6.07, 6.45) is 85.1. The Labute approximate surface area is 500 Å². The molecule has 0 radical (unpaired) electrons. The molecule has 0 saturated carbocycles. The zero-order valence-electron chi connectivity index (χ0n) is 54.4. The van der Waals surface area contributed by atoms with Crippen molar-refractivity contribution in [1.82, 2.24) is 0 Å². The van der Waals surface area contributed by atoms with E-state index in [0.717, 1.165) is 64.2 Å². The van der Waals surface area contributed by atoms with Crippen LogP contribution in [0.15, 0.2) is 24.3 Å². The minimum atomic E-state index is -0.765. The second kappa shape index (κ2) is 69.4. The fourth-order valence-corrected chi connectivity index (χ4v) is 11.2. The first-order chi connectivity index (χ1) is 39.5. The standard InChI is InChI=1S/C74H140O6/c1-4-7-10-13-16-19-22-24-26-28-30-31-32-33-34-35-36-37-38-39-40-41-42-43-44-46-47-49-52-55-58-61-64-67-73(76)79-70-71(69-78-72(75)66-63-60-57-54-51-21-18-15-12-9-6-3)80-74(77)68-65-62-59-56-53-50-48-45-29-27-25-23-20-17-14-11-8-5-2/h22,24,28,30,71H,4-21,23,25-27,29,31-70H2,1-3H3/b24-22-,30-28-. The molecule has 0 amide bonds. The van der Waals surface area contributed by atoms with Gasteiger partial charge in [-0.2, -0.15) is 0 Å². The van der Waals surface area contributed by atoms with Crippen molar-refractivity contribution in [3.05, 3.63) is 24.3 Å². The van der Waals surface area contributed by atoms with Crippen LogP contribution in [0.25, 0.3) is 0 Å². The molecule has 0 spiro atoms. The summed E-state index contributed by atoms with van der Waals surface area (Å²) in [6, 6.07) is 0. The molecule has 0 N–H and O–H groups in total. The molecule has 0 aromatic rings. The molecule has 0 bridgehead atoms. The van der Waals surface area contributed by atoms with E-state index >= 15 is 0 Å². The van der Waals surface area contributed by atoms with Gasteiger partial charge >= 0.3 is 17.9 Å². The number of carbonyl (C=O) groups excluding carboxylic acids is 3. The van der Waals surface area contributed by atoms with E-state index < -0.39 is 6.10 Å². The van der Waals surface area contributed by atoms with Gasteiger partial charge in [-0.05, 0) is 51.4 Å². The third kappa shape index (κ3) is 66.7. The third-order valence-electron chi connectivity index (χ3n) is 16.7. The summed E-state index contributed by atoms with van der Waals surface area (Å²) >= 11 is 0. The average Bonchev–Trinajstić information content (AvgIpc) is 3.46. The van der Waals surface area contributed by atoms with Crippen molar-refractivity contribution in [2.45, 2.75) is 419 Å². The van der Waals surface area contributed by atoms with Gasteiger partial charge in [-0.1, -0.05) is 366 Å². The van der Waals surface area contributed by atoms with Crippen molar-refractivity contribution in [3.63, 3.8) is 0 Å². The molecular formula is C74H140O6. The van der Waals surface area contributed by atoms with Gasteiger partial charge in [0.05, 0.1) is 0 Å². The average molecular weight is 1130 g/mol. The van der Waals surface area contributed by atoms with Crippen molar-refractivity contribution in [3.8, 4) is 0 Å². The molecule has 6 nitrogen and oxygen atoms in total. The van der Waals surface area contributed by atoms with Crippen molar-refractivity contribution < 1.29 is 28.6 Å². The molecule has 1 atom stereocenters. The number of ether oxygens (including phenoxy) is 3. The Morgan fingerprint density at radius 1 is 0.250 bits per heavy atom. The molecule has 6 heteroatoms. The topological polar surface area (TPSA) is 78.9 Å². The summed E-state index contributed by atoms with van der Waals surface area (Å²) in [5.74, 6) is -0.829. The molecule has 80 heavy (non-hydrogen) atoms. The summed E-state index contributed by atoms with van der Waals surface area (Å²) in [4.78, 5) is 38.3. The van der Waals surface area contributed by atoms with Crippen molar-refractivity contribution >= 4 is 17.9 Å². The Hall–Kier alpha value is -2.11. The van der Waals surface area contributed by atoms with Crippen LogP contribution >= 0.6 is 0 Å². The molecular weight excluding hydrogens is 985 g/mol. The molecule has 0 aliphatic rings. The van der Waals surface area contributed by atoms with Crippen LogP contribution < -0.4 is 0 Å². The Kier molecular flexibility index (Phi) is 67.6. The van der Waals surface area contributed by atoms with E-state index in [1.807, 2.05) is 0 Å². The fourth-order valence-electron chi connectivity index (χ4n) is 11.2. The highest BCUT2D eigenvalue weighted by Crippen LogP contribution is 2.19. The van der Waals surface area contributed by atoms with Gasteiger partial charge in [0, 0.05) is 19.3 Å². The first-order valence-electron chi connectivity index (χ1n) is 36.3. The van der Waals surface area contributed by atoms with E-state index in [-0.39, 0.29) is 31.1 Å². The predicted molar refractivity (Wildman–Crippen MR) is 349 cm³/mol. The number of carbonyl (C=O) groups is 3. The van der Waals surface area contributed by atoms with Gasteiger partial charge < -0.3 is 14.2 Å². The molecule has 1 unspecified atom stereocenters. The van der Waals surface area contributed by atoms with Gasteiger partial charge in [0.2, 0.25) is 0 Å². The lowest BCUT2D eigenvalue weighted by molar-refractivity contribution is -0.167. The van der Waals surface area contributed by atoms with E-state index in [1.54, 1.807) is 0 Å². The lowest BCUT2D eigenvalue weighted by atomic mass is 10.0. The Morgan fingerprint density at radius 3 is 0.688 bits per heavy atom. The van der Waals surface area contributed by atoms with Crippen LogP contribution in [0.2, 0.25) is 0 Å². The van der Waals surface area contributed by atoms with Crippen molar-refractivity contribution in [1.29, 1.82) is 0 Å². The van der Waals surface area contributed by atoms with Gasteiger partial charge in [-0.3, -0.25) is 14.4 Å². The van der Waals surface area contributed by atoms with Crippen molar-refractivity contribution in [2.75, 3.05) is 13.2 Å². The Morgan fingerprint density at radius 2 is 0.450 bits per heavy atom. The highest BCUT2D eigenvalue weighted by molar-refractivity contribution is 5.71. The van der Waals surface area contributed by atoms with E-state index in [2.05, 4.69) is 45.1 Å². The van der Waals surface area contributed by atoms with Crippen LogP contribution in [0.4, 0.5) is 0 Å². The lowest BCUT2D eigenvalue weighted by Gasteiger charge is -2.18. The maximum atomic E-state index is 12.9. The van der Waals surface area contributed by atoms with Crippen LogP contribution in [0.3, 0.4) is 0 Å². The molecule has 0 fully saturated rings. The first kappa shape index (κ1) is 77.9. The molecule has 0 aromatic carbocycles. The number of unbranched alkanes of at least 4 members (excludes halogenated alkanes) is 53. The first-order valence-corrected chi connectivity index (χ1v) is 36.3. The maximum Gasteiger partial charge on any atom is 0.306 e. The second-order valence-corrected chi connectivity index (χ2v) is 24.9. The molecule has 0 aliphatic heterocycles. The highest BCUT2D eigenvalue weighted by Gasteiger charge is 2.19. The van der Waals surface area contributed by atoms with E-state index in [0.29, 0.717) is 19.3 Å². The zero-order chi connectivity index (χ0) is 57.8. The highest BCUT2D eigenvalue weighted by atomic mass is 16.6. The summed E-state index contributed by atoms with van der Waals surface area (Å²) in [7, 11) is 0. The Bertz CT molecular complexity index is 1290. The number of hydrogen-bond donors (Lipinski definition) is 0. The van der Waals surface area contributed by atoms with Gasteiger partial charge in [0.15, 0.2) is 6.10 Å². The molecule has 0 heterocycles. The van der Waals surface area contributed by atoms with Crippen LogP contribution in [0.1, 0.15) is 412 Å². The molecule has 0 rings (SSSR count). The molecule has 0 aromatic heterocycles. The number of esters is 3. The quantitative estimate of drug-likeness (QED) is 0.0261. The molecule has 472 valence electrons. The summed E-state index contributed by atoms with van der Waals surface area (Å²) in [5, 5.41) is 0. The fraction of sp³-hybridized carbons (Fsp3) is 0.905. The van der Waals surface area contributed by atoms with E-state index in [4.69, 9.17) is 14.2 Å². The predicted octanol–water partition coefficient (Wildman–Crippen LogP) is 25.0. The van der Waals surface area contributed by atoms with E-state index in [1.165, 1.54) is 308 Å².